The number of halogens is 1. The summed E-state index contributed by atoms with van der Waals surface area (Å²) in [5.41, 5.74) is 1.56. The van der Waals surface area contributed by atoms with Gasteiger partial charge in [-0.05, 0) is 18.2 Å². The van der Waals surface area contributed by atoms with E-state index >= 15 is 0 Å². The van der Waals surface area contributed by atoms with E-state index < -0.39 is 10.0 Å². The van der Waals surface area contributed by atoms with Crippen LogP contribution in [0.5, 0.6) is 0 Å². The highest BCUT2D eigenvalue weighted by atomic mass is 79.9. The largest absolute Gasteiger partial charge is 0.314 e. The van der Waals surface area contributed by atoms with Crippen LogP contribution < -0.4 is 10.1 Å². The highest BCUT2D eigenvalue weighted by Gasteiger charge is 2.18. The second kappa shape index (κ2) is 8.77. The Labute approximate surface area is 162 Å². The zero-order chi connectivity index (χ0) is 18.4. The molecule has 2 N–H and O–H groups in total. The molecule has 26 heavy (non-hydrogen) atoms. The van der Waals surface area contributed by atoms with Gasteiger partial charge in [-0.15, -0.1) is 0 Å². The quantitative estimate of drug-likeness (QED) is 0.536. The van der Waals surface area contributed by atoms with Gasteiger partial charge in [0.15, 0.2) is 0 Å². The predicted octanol–water partition coefficient (Wildman–Crippen LogP) is 2.04. The molecule has 2 aromatic carbocycles. The fraction of sp³-hybridized carbons (Fsp3) is 0.278. The van der Waals surface area contributed by atoms with Crippen LogP contribution in [0.1, 0.15) is 5.56 Å². The summed E-state index contributed by atoms with van der Waals surface area (Å²) in [5.74, 6) is 0. The molecule has 0 radical (unpaired) electrons. The minimum Gasteiger partial charge on any atom is -0.314 e. The van der Waals surface area contributed by atoms with Crippen LogP contribution in [-0.2, 0) is 10.0 Å². The van der Waals surface area contributed by atoms with Crippen molar-refractivity contribution in [3.63, 3.8) is 0 Å². The Morgan fingerprint density at radius 1 is 1.08 bits per heavy atom. The topological polar surface area (TPSA) is 73.8 Å². The zero-order valence-corrected chi connectivity index (χ0v) is 16.6. The molecule has 0 atom stereocenters. The van der Waals surface area contributed by atoms with Crippen molar-refractivity contribution < 1.29 is 8.42 Å². The molecule has 2 aromatic rings. The summed E-state index contributed by atoms with van der Waals surface area (Å²) in [7, 11) is -3.70. The molecule has 3 rings (SSSR count). The smallest absolute Gasteiger partial charge is 0.276 e. The standard InChI is InChI=1S/C18H21BrN4O2S/c19-17-9-5-4-8-16(17)18(14-23-12-10-20-11-13-23)21-22-26(24,25)15-6-2-1-3-7-15/h1-9,20,22H,10-14H2. The summed E-state index contributed by atoms with van der Waals surface area (Å²) < 4.78 is 25.9. The van der Waals surface area contributed by atoms with Crippen molar-refractivity contribution in [2.75, 3.05) is 32.7 Å². The highest BCUT2D eigenvalue weighted by Crippen LogP contribution is 2.18. The van der Waals surface area contributed by atoms with Crippen molar-refractivity contribution in [3.8, 4) is 0 Å². The molecule has 0 spiro atoms. The van der Waals surface area contributed by atoms with Gasteiger partial charge >= 0.3 is 0 Å². The maximum Gasteiger partial charge on any atom is 0.276 e. The second-order valence-electron chi connectivity index (χ2n) is 5.97. The highest BCUT2D eigenvalue weighted by molar-refractivity contribution is 9.10. The van der Waals surface area contributed by atoms with Crippen LogP contribution in [0, 0.1) is 0 Å². The van der Waals surface area contributed by atoms with E-state index in [2.05, 4.69) is 36.1 Å². The summed E-state index contributed by atoms with van der Waals surface area (Å²) in [6.07, 6.45) is 0. The first-order valence-electron chi connectivity index (χ1n) is 8.38. The lowest BCUT2D eigenvalue weighted by atomic mass is 10.1. The van der Waals surface area contributed by atoms with Gasteiger partial charge in [-0.25, -0.2) is 0 Å². The van der Waals surface area contributed by atoms with E-state index in [0.717, 1.165) is 36.2 Å². The Hall–Kier alpha value is -1.74. The SMILES string of the molecule is O=S(=O)(NN=C(CN1CCNCC1)c1ccccc1Br)c1ccccc1. The van der Waals surface area contributed by atoms with E-state index in [1.807, 2.05) is 24.3 Å². The molecule has 6 nitrogen and oxygen atoms in total. The Morgan fingerprint density at radius 2 is 1.73 bits per heavy atom. The molecular formula is C18H21BrN4O2S. The first-order chi connectivity index (χ1) is 12.6. The Kier molecular flexibility index (Phi) is 6.42. The van der Waals surface area contributed by atoms with E-state index in [1.165, 1.54) is 0 Å². The summed E-state index contributed by atoms with van der Waals surface area (Å²) in [6.45, 7) is 4.20. The lowest BCUT2D eigenvalue weighted by Gasteiger charge is -2.27. The van der Waals surface area contributed by atoms with Crippen molar-refractivity contribution in [2.45, 2.75) is 4.90 Å². The first-order valence-corrected chi connectivity index (χ1v) is 10.7. The number of hydrogen-bond acceptors (Lipinski definition) is 5. The first kappa shape index (κ1) is 19.0. The number of hydrazone groups is 1. The Morgan fingerprint density at radius 3 is 2.42 bits per heavy atom. The molecule has 0 aliphatic carbocycles. The number of sulfonamides is 1. The van der Waals surface area contributed by atoms with Crippen molar-refractivity contribution in [3.05, 3.63) is 64.6 Å². The van der Waals surface area contributed by atoms with Gasteiger partial charge in [0.2, 0.25) is 0 Å². The van der Waals surface area contributed by atoms with E-state index in [0.29, 0.717) is 12.3 Å². The molecule has 1 saturated heterocycles. The van der Waals surface area contributed by atoms with Crippen LogP contribution in [0.3, 0.4) is 0 Å². The molecule has 1 fully saturated rings. The van der Waals surface area contributed by atoms with Crippen molar-refractivity contribution in [1.29, 1.82) is 0 Å². The van der Waals surface area contributed by atoms with Crippen molar-refractivity contribution in [2.24, 2.45) is 5.10 Å². The van der Waals surface area contributed by atoms with Gasteiger partial charge in [0.1, 0.15) is 0 Å². The van der Waals surface area contributed by atoms with E-state index in [4.69, 9.17) is 0 Å². The maximum atomic E-state index is 12.5. The molecule has 1 heterocycles. The van der Waals surface area contributed by atoms with Gasteiger partial charge in [0.25, 0.3) is 10.0 Å². The van der Waals surface area contributed by atoms with Gasteiger partial charge in [-0.2, -0.15) is 18.4 Å². The third-order valence-electron chi connectivity index (χ3n) is 4.12. The summed E-state index contributed by atoms with van der Waals surface area (Å²) in [5, 5.41) is 7.60. The lowest BCUT2D eigenvalue weighted by molar-refractivity contribution is 0.272. The minimum absolute atomic E-state index is 0.192. The van der Waals surface area contributed by atoms with Crippen molar-refractivity contribution >= 4 is 31.7 Å². The Bertz CT molecular complexity index is 866. The van der Waals surface area contributed by atoms with Gasteiger partial charge in [0, 0.05) is 42.8 Å². The number of benzene rings is 2. The number of rotatable bonds is 6. The molecular weight excluding hydrogens is 416 g/mol. The molecule has 138 valence electrons. The maximum absolute atomic E-state index is 12.5. The van der Waals surface area contributed by atoms with Gasteiger partial charge in [-0.3, -0.25) is 4.90 Å². The van der Waals surface area contributed by atoms with Gasteiger partial charge in [0.05, 0.1) is 10.6 Å². The normalized spacial score (nSPS) is 16.4. The third kappa shape index (κ3) is 4.91. The molecule has 0 amide bonds. The fourth-order valence-electron chi connectivity index (χ4n) is 2.72. The summed E-state index contributed by atoms with van der Waals surface area (Å²) >= 11 is 3.54. The minimum atomic E-state index is -3.70. The zero-order valence-electron chi connectivity index (χ0n) is 14.2. The number of nitrogens with one attached hydrogen (secondary N) is 2. The summed E-state index contributed by atoms with van der Waals surface area (Å²) in [6, 6.07) is 15.9. The molecule has 0 saturated carbocycles. The van der Waals surface area contributed by atoms with Crippen LogP contribution in [0.2, 0.25) is 0 Å². The van der Waals surface area contributed by atoms with Crippen LogP contribution >= 0.6 is 15.9 Å². The number of piperazine rings is 1. The van der Waals surface area contributed by atoms with Crippen LogP contribution in [-0.4, -0.2) is 51.8 Å². The third-order valence-corrected chi connectivity index (χ3v) is 6.04. The van der Waals surface area contributed by atoms with Crippen molar-refractivity contribution in [1.82, 2.24) is 15.0 Å². The van der Waals surface area contributed by atoms with Crippen LogP contribution in [0.25, 0.3) is 0 Å². The van der Waals surface area contributed by atoms with Crippen LogP contribution in [0.15, 0.2) is 69.1 Å². The number of nitrogens with zero attached hydrogens (tertiary/aromatic N) is 2. The fourth-order valence-corrected chi connectivity index (χ4v) is 4.09. The second-order valence-corrected chi connectivity index (χ2v) is 8.49. The van der Waals surface area contributed by atoms with Gasteiger partial charge in [-0.1, -0.05) is 52.3 Å². The molecule has 1 aliphatic heterocycles. The van der Waals surface area contributed by atoms with E-state index in [9.17, 15) is 8.42 Å². The predicted molar refractivity (Wildman–Crippen MR) is 107 cm³/mol. The van der Waals surface area contributed by atoms with Crippen LogP contribution in [0.4, 0.5) is 0 Å². The average Bonchev–Trinajstić information content (AvgIpc) is 2.67. The molecule has 8 heteroatoms. The molecule has 0 unspecified atom stereocenters. The number of hydrogen-bond donors (Lipinski definition) is 2. The molecule has 1 aliphatic rings. The summed E-state index contributed by atoms with van der Waals surface area (Å²) in [4.78, 5) is 4.84. The lowest BCUT2D eigenvalue weighted by Crippen LogP contribution is -2.45. The monoisotopic (exact) mass is 436 g/mol. The van der Waals surface area contributed by atoms with E-state index in [1.54, 1.807) is 30.3 Å². The molecule has 0 aromatic heterocycles. The van der Waals surface area contributed by atoms with Gasteiger partial charge < -0.3 is 5.32 Å². The van der Waals surface area contributed by atoms with E-state index in [-0.39, 0.29) is 4.90 Å². The Balaban J connectivity index is 1.87. The molecule has 0 bridgehead atoms. The average molecular weight is 437 g/mol.